The molecule has 16 heavy (non-hydrogen) atoms. The average Bonchev–Trinajstić information content (AvgIpc) is 2.28. The summed E-state index contributed by atoms with van der Waals surface area (Å²) < 4.78 is 15.0. The van der Waals surface area contributed by atoms with E-state index in [0.29, 0.717) is 0 Å². The van der Waals surface area contributed by atoms with Crippen LogP contribution in [0, 0.1) is 0 Å². The highest BCUT2D eigenvalue weighted by Gasteiger charge is 2.08. The van der Waals surface area contributed by atoms with Crippen LogP contribution in [-0.2, 0) is 9.47 Å². The van der Waals surface area contributed by atoms with E-state index in [1.807, 2.05) is 0 Å². The molecular formula is C10H26ClN2O2P. The number of hydrogen-bond acceptors (Lipinski definition) is 4. The third-order valence-corrected chi connectivity index (χ3v) is 3.82. The van der Waals surface area contributed by atoms with Gasteiger partial charge in [0.2, 0.25) is 0 Å². The van der Waals surface area contributed by atoms with Crippen LogP contribution in [-0.4, -0.2) is 63.0 Å². The fourth-order valence-corrected chi connectivity index (χ4v) is 2.25. The van der Waals surface area contributed by atoms with Crippen LogP contribution in [0.3, 0.4) is 0 Å². The Morgan fingerprint density at radius 2 is 1.31 bits per heavy atom. The van der Waals surface area contributed by atoms with Gasteiger partial charge in [0, 0.05) is 49.3 Å². The van der Waals surface area contributed by atoms with Gasteiger partial charge in [-0.3, -0.25) is 9.34 Å². The molecule has 0 aromatic heterocycles. The third kappa shape index (κ3) is 9.76. The molecule has 0 amide bonds. The monoisotopic (exact) mass is 272 g/mol. The van der Waals surface area contributed by atoms with Gasteiger partial charge in [-0.2, -0.15) is 0 Å². The van der Waals surface area contributed by atoms with Crippen molar-refractivity contribution in [1.82, 2.24) is 9.34 Å². The molecule has 0 bridgehead atoms. The zero-order chi connectivity index (χ0) is 11.5. The van der Waals surface area contributed by atoms with Crippen LogP contribution in [0.5, 0.6) is 0 Å². The Morgan fingerprint density at radius 1 is 0.875 bits per heavy atom. The van der Waals surface area contributed by atoms with Crippen LogP contribution >= 0.6 is 21.3 Å². The molecule has 1 unspecified atom stereocenters. The van der Waals surface area contributed by atoms with Crippen LogP contribution in [0.25, 0.3) is 0 Å². The molecule has 0 heterocycles. The smallest absolute Gasteiger partial charge is 0.0593 e. The van der Waals surface area contributed by atoms with Crippen molar-refractivity contribution in [3.8, 4) is 0 Å². The summed E-state index contributed by atoms with van der Waals surface area (Å²) in [6.45, 7) is 10.1. The predicted octanol–water partition coefficient (Wildman–Crippen LogP) is 1.85. The van der Waals surface area contributed by atoms with Crippen molar-refractivity contribution in [2.45, 2.75) is 13.8 Å². The Morgan fingerprint density at radius 3 is 1.62 bits per heavy atom. The van der Waals surface area contributed by atoms with E-state index in [2.05, 4.69) is 23.2 Å². The minimum absolute atomic E-state index is 0. The van der Waals surface area contributed by atoms with E-state index in [1.54, 1.807) is 14.2 Å². The largest absolute Gasteiger partial charge is 0.383 e. The first-order valence-electron chi connectivity index (χ1n) is 5.52. The lowest BCUT2D eigenvalue weighted by Crippen LogP contribution is -2.28. The van der Waals surface area contributed by atoms with Gasteiger partial charge in [0.05, 0.1) is 13.2 Å². The first-order chi connectivity index (χ1) is 7.28. The van der Waals surface area contributed by atoms with Crippen LogP contribution in [0.1, 0.15) is 13.8 Å². The van der Waals surface area contributed by atoms with E-state index in [-0.39, 0.29) is 12.4 Å². The topological polar surface area (TPSA) is 24.9 Å². The fraction of sp³-hybridized carbons (Fsp3) is 1.00. The molecule has 0 aromatic carbocycles. The van der Waals surface area contributed by atoms with Crippen LogP contribution in [0.2, 0.25) is 0 Å². The van der Waals surface area contributed by atoms with Crippen LogP contribution in [0.4, 0.5) is 0 Å². The predicted molar refractivity (Wildman–Crippen MR) is 73.8 cm³/mol. The summed E-state index contributed by atoms with van der Waals surface area (Å²) in [6, 6.07) is 0. The molecule has 0 saturated carbocycles. The number of ether oxygens (including phenoxy) is 2. The second-order valence-corrected chi connectivity index (χ2v) is 4.71. The number of nitrogens with zero attached hydrogens (tertiary/aromatic N) is 2. The molecule has 6 heteroatoms. The van der Waals surface area contributed by atoms with Crippen molar-refractivity contribution >= 4 is 21.3 Å². The molecule has 0 spiro atoms. The van der Waals surface area contributed by atoms with Crippen molar-refractivity contribution in [3.63, 3.8) is 0 Å². The minimum atomic E-state index is 0. The standard InChI is InChI=1S/C10H25N2O2P.ClH/c1-5-11(6-2)15-12(7-9-13-3)8-10-14-4;/h15H,5-10H2,1-4H3;1H. The lowest BCUT2D eigenvalue weighted by atomic mass is 10.6. The quantitative estimate of drug-likeness (QED) is 0.567. The van der Waals surface area contributed by atoms with Gasteiger partial charge < -0.3 is 9.47 Å². The molecule has 4 nitrogen and oxygen atoms in total. The molecule has 0 rings (SSSR count). The molecular weight excluding hydrogens is 247 g/mol. The summed E-state index contributed by atoms with van der Waals surface area (Å²) in [5.74, 6) is 0. The lowest BCUT2D eigenvalue weighted by Gasteiger charge is -2.28. The van der Waals surface area contributed by atoms with E-state index in [4.69, 9.17) is 9.47 Å². The van der Waals surface area contributed by atoms with Gasteiger partial charge in [0.1, 0.15) is 0 Å². The summed E-state index contributed by atoms with van der Waals surface area (Å²) in [6.07, 6.45) is 0. The van der Waals surface area contributed by atoms with Gasteiger partial charge in [-0.05, 0) is 0 Å². The third-order valence-electron chi connectivity index (χ3n) is 2.18. The summed E-state index contributed by atoms with van der Waals surface area (Å²) in [5.41, 5.74) is 0. The molecule has 0 fully saturated rings. The number of rotatable bonds is 10. The molecule has 1 atom stereocenters. The van der Waals surface area contributed by atoms with Gasteiger partial charge in [-0.25, -0.2) is 0 Å². The van der Waals surface area contributed by atoms with E-state index in [1.165, 1.54) is 0 Å². The summed E-state index contributed by atoms with van der Waals surface area (Å²) in [7, 11) is 4.23. The SMILES string of the molecule is CCN(CC)PN(CCOC)CCOC.Cl. The Hall–Kier alpha value is 0.560. The van der Waals surface area contributed by atoms with E-state index < -0.39 is 0 Å². The minimum Gasteiger partial charge on any atom is -0.383 e. The van der Waals surface area contributed by atoms with E-state index in [0.717, 1.165) is 48.3 Å². The van der Waals surface area contributed by atoms with Crippen molar-refractivity contribution in [1.29, 1.82) is 0 Å². The van der Waals surface area contributed by atoms with E-state index in [9.17, 15) is 0 Å². The second kappa shape index (κ2) is 13.6. The zero-order valence-electron chi connectivity index (χ0n) is 10.9. The van der Waals surface area contributed by atoms with Crippen molar-refractivity contribution in [3.05, 3.63) is 0 Å². The molecule has 0 aliphatic rings. The Bertz CT molecular complexity index is 132. The van der Waals surface area contributed by atoms with Gasteiger partial charge >= 0.3 is 0 Å². The maximum atomic E-state index is 5.10. The average molecular weight is 273 g/mol. The normalized spacial score (nSPS) is 11.6. The number of halogens is 1. The zero-order valence-corrected chi connectivity index (χ0v) is 12.7. The number of hydrogen-bond donors (Lipinski definition) is 0. The summed E-state index contributed by atoms with van der Waals surface area (Å²) in [4.78, 5) is 0. The van der Waals surface area contributed by atoms with Crippen LogP contribution in [0.15, 0.2) is 0 Å². The van der Waals surface area contributed by atoms with Crippen molar-refractivity contribution < 1.29 is 9.47 Å². The van der Waals surface area contributed by atoms with Crippen LogP contribution < -0.4 is 0 Å². The lowest BCUT2D eigenvalue weighted by molar-refractivity contribution is 0.151. The molecule has 0 N–H and O–H groups in total. The Labute approximate surface area is 108 Å². The molecule has 0 saturated heterocycles. The fourth-order valence-electron chi connectivity index (χ4n) is 1.18. The Balaban J connectivity index is 0. The maximum absolute atomic E-state index is 5.10. The highest BCUT2D eigenvalue weighted by atomic mass is 35.5. The highest BCUT2D eigenvalue weighted by molar-refractivity contribution is 7.32. The summed E-state index contributed by atoms with van der Waals surface area (Å²) >= 11 is 0. The van der Waals surface area contributed by atoms with Gasteiger partial charge in [-0.15, -0.1) is 12.4 Å². The molecule has 100 valence electrons. The Kier molecular flexibility index (Phi) is 16.1. The van der Waals surface area contributed by atoms with Crippen molar-refractivity contribution in [2.75, 3.05) is 53.6 Å². The first-order valence-corrected chi connectivity index (χ1v) is 6.41. The van der Waals surface area contributed by atoms with Gasteiger partial charge in [0.25, 0.3) is 0 Å². The molecule has 0 aliphatic heterocycles. The maximum Gasteiger partial charge on any atom is 0.0593 e. The molecule has 0 radical (unpaired) electrons. The van der Waals surface area contributed by atoms with Gasteiger partial charge in [0.15, 0.2) is 0 Å². The highest BCUT2D eigenvalue weighted by Crippen LogP contribution is 2.22. The van der Waals surface area contributed by atoms with Crippen molar-refractivity contribution in [2.24, 2.45) is 0 Å². The molecule has 0 aliphatic carbocycles. The van der Waals surface area contributed by atoms with E-state index >= 15 is 0 Å². The summed E-state index contributed by atoms with van der Waals surface area (Å²) in [5, 5.41) is 0. The van der Waals surface area contributed by atoms with Gasteiger partial charge in [-0.1, -0.05) is 13.8 Å². The first kappa shape index (κ1) is 18.9. The second-order valence-electron chi connectivity index (χ2n) is 3.24. The molecule has 0 aromatic rings. The number of methoxy groups -OCH3 is 2.